The summed E-state index contributed by atoms with van der Waals surface area (Å²) in [5.41, 5.74) is 8.22. The molecule has 4 aromatic rings. The lowest BCUT2D eigenvalue weighted by atomic mass is 9.55. The standard InChI is InChI=1S/2C20H27N3O2.C20H25N3O2.CH5NO.3CH4/c1-11-14-8-7-13-16(20(14,5)9-12-10-21-25-15(11)12)22-18(19(2,3)4)23-17(13)24-6;2*1-11-13-9-8-12-16(20(13,5)10-14(21-6)15(11)24)22-18(19(2,3)4)23-17(12)25-7;1-2-3;;;/h10-11,14H,7-9H2,1-6H3;11,13-14H,8-10H2,1-5,7H3;10-11,13H,8-9H2,1-5,7H3;2-3H,1H3;3*1H4/t11-,14-,20-;11-,13-,14?,20-;11-,13-,20-;;;;/m000..../s1/i;;;;1T;;. The van der Waals surface area contributed by atoms with Gasteiger partial charge in [0, 0.05) is 87.3 Å². The monoisotopic (exact) mass is 1120 g/mol. The molecule has 6 aliphatic rings. The van der Waals surface area contributed by atoms with Crippen molar-refractivity contribution in [1.29, 1.82) is 0 Å². The third-order valence-electron chi connectivity index (χ3n) is 17.8. The molecule has 1 saturated carbocycles. The van der Waals surface area contributed by atoms with E-state index in [-0.39, 0.29) is 82.9 Å². The Morgan fingerprint density at radius 3 is 1.49 bits per heavy atom. The molecule has 2 N–H and O–H groups in total. The number of hydroxylamine groups is 1. The molecule has 4 heterocycles. The van der Waals surface area contributed by atoms with Gasteiger partial charge in [0.25, 0.3) is 6.04 Å². The second-order valence-corrected chi connectivity index (χ2v) is 26.2. The van der Waals surface area contributed by atoms with E-state index >= 15 is 0 Å². The Morgan fingerprint density at radius 2 is 1.07 bits per heavy atom. The Morgan fingerprint density at radius 1 is 0.667 bits per heavy atom. The number of allylic oxidation sites excluding steroid dienone is 2. The summed E-state index contributed by atoms with van der Waals surface area (Å²) in [6.45, 7) is 46.6. The van der Waals surface area contributed by atoms with Crippen molar-refractivity contribution in [2.24, 2.45) is 29.6 Å². The average molecular weight is 1120 g/mol. The van der Waals surface area contributed by atoms with Crippen molar-refractivity contribution in [3.8, 4) is 17.6 Å². The molecule has 10 rings (SSSR count). The minimum Gasteiger partial charge on any atom is -0.481 e. The number of ether oxygens (including phenoxy) is 3. The summed E-state index contributed by atoms with van der Waals surface area (Å²) in [6.07, 6.45) is 10.6. The van der Waals surface area contributed by atoms with Gasteiger partial charge >= 0.3 is 0 Å². The molecule has 0 radical (unpaired) electrons. The Labute approximate surface area is 486 Å². The van der Waals surface area contributed by atoms with Crippen LogP contribution in [0.25, 0.3) is 9.69 Å². The first-order valence-corrected chi connectivity index (χ1v) is 27.6. The van der Waals surface area contributed by atoms with E-state index in [1.807, 2.05) is 26.1 Å². The fourth-order valence-corrected chi connectivity index (χ4v) is 13.7. The van der Waals surface area contributed by atoms with Crippen molar-refractivity contribution in [1.82, 2.24) is 40.5 Å². The number of methoxy groups -OCH3 is 3. The second kappa shape index (κ2) is 24.7. The largest absolute Gasteiger partial charge is 0.481 e. The minimum atomic E-state index is -0.568. The molecule has 1 fully saturated rings. The van der Waals surface area contributed by atoms with Crippen LogP contribution in [-0.4, -0.2) is 86.3 Å². The van der Waals surface area contributed by atoms with Crippen LogP contribution in [0.3, 0.4) is 0 Å². The van der Waals surface area contributed by atoms with E-state index in [1.54, 1.807) is 26.8 Å². The van der Waals surface area contributed by atoms with Crippen LogP contribution in [0.15, 0.2) is 22.5 Å². The van der Waals surface area contributed by atoms with Crippen molar-refractivity contribution in [3.05, 3.63) is 103 Å². The lowest BCUT2D eigenvalue weighted by Crippen LogP contribution is -2.52. The molecule has 6 aliphatic carbocycles. The van der Waals surface area contributed by atoms with Gasteiger partial charge in [-0.05, 0) is 62.7 Å². The first-order chi connectivity index (χ1) is 37.4. The van der Waals surface area contributed by atoms with Gasteiger partial charge in [0.05, 0.1) is 51.2 Å². The number of nitrogens with one attached hydrogen (secondary N) is 1. The van der Waals surface area contributed by atoms with E-state index in [9.17, 15) is 9.59 Å². The molecule has 0 spiro atoms. The predicted octanol–water partition coefficient (Wildman–Crippen LogP) is 12.6. The van der Waals surface area contributed by atoms with Crippen LogP contribution >= 0.6 is 0 Å². The van der Waals surface area contributed by atoms with Gasteiger partial charge in [-0.2, -0.15) is 15.0 Å². The van der Waals surface area contributed by atoms with Crippen LogP contribution < -0.4 is 19.7 Å². The molecule has 17 heteroatoms. The SMILES string of the molecule is C.C.CNO.COc1nc(C(C)(C)C)nc2c1CC[C@H]1[C@H](C)c3oncc3C[C@]21C.[3H]C.[C-]#[N+]C1=C[C@]2(C)c3nc(C(C)(C)C)nc(OC)c3CC[C@H]2[C@H](C)C1=O.[C-]#[N+]C1C[C@]2(C)c3nc(C(C)(C)C)nc(OC)c3CC[C@H]2[C@H](C)C1=O. The second-order valence-electron chi connectivity index (χ2n) is 26.2. The highest BCUT2D eigenvalue weighted by Crippen LogP contribution is 2.56. The number of Topliss-reactive ketones (excluding diaryl/α,β-unsaturated/α-hetero) is 2. The Balaban J connectivity index is 0.000000251. The van der Waals surface area contributed by atoms with Gasteiger partial charge < -0.3 is 33.6 Å². The number of aromatic nitrogens is 7. The summed E-state index contributed by atoms with van der Waals surface area (Å²) >= 11 is 0. The number of carbonyl (C=O) groups excluding carboxylic acids is 2. The first-order valence-electron chi connectivity index (χ1n) is 28.6. The van der Waals surface area contributed by atoms with E-state index in [4.69, 9.17) is 58.4 Å². The van der Waals surface area contributed by atoms with E-state index in [2.05, 4.69) is 115 Å². The summed E-state index contributed by atoms with van der Waals surface area (Å²) in [4.78, 5) is 61.2. The number of fused-ring (bicyclic) bond motifs is 10. The number of carbonyl (C=O) groups is 2. The summed E-state index contributed by atoms with van der Waals surface area (Å²) in [7, 11) is 7.68. The fourth-order valence-electron chi connectivity index (χ4n) is 13.7. The van der Waals surface area contributed by atoms with Crippen molar-refractivity contribution in [2.75, 3.05) is 28.4 Å². The molecule has 17 nitrogen and oxygen atoms in total. The number of rotatable bonds is 3. The molecule has 81 heavy (non-hydrogen) atoms. The van der Waals surface area contributed by atoms with Crippen LogP contribution in [0.5, 0.6) is 17.6 Å². The zero-order valence-electron chi connectivity index (χ0n) is 51.8. The molecule has 4 aromatic heterocycles. The number of nitrogens with zero attached hydrogens (tertiary/aromatic N) is 9. The highest BCUT2D eigenvalue weighted by atomic mass is 16.5. The lowest BCUT2D eigenvalue weighted by Gasteiger charge is -2.47. The number of ketones is 2. The number of hydrogen-bond donors (Lipinski definition) is 2. The molecular formula is C64H96N10O7. The van der Waals surface area contributed by atoms with E-state index in [1.165, 1.54) is 31.3 Å². The van der Waals surface area contributed by atoms with E-state index in [0.717, 1.165) is 96.6 Å². The fraction of sp³-hybridized carbons (Fsp3) is 0.672. The van der Waals surface area contributed by atoms with Crippen LogP contribution in [0.4, 0.5) is 0 Å². The van der Waals surface area contributed by atoms with Crippen LogP contribution in [0.1, 0.15) is 222 Å². The molecule has 10 atom stereocenters. The Bertz CT molecular complexity index is 3070. The van der Waals surface area contributed by atoms with Gasteiger partial charge in [-0.15, -0.1) is 0 Å². The van der Waals surface area contributed by atoms with Gasteiger partial charge in [-0.25, -0.2) is 31.8 Å². The van der Waals surface area contributed by atoms with Crippen molar-refractivity contribution >= 4 is 11.6 Å². The maximum Gasteiger partial charge on any atom is 0.282 e. The van der Waals surface area contributed by atoms with E-state index in [0.29, 0.717) is 30.0 Å². The molecule has 1 unspecified atom stereocenters. The van der Waals surface area contributed by atoms with Crippen LogP contribution in [0.2, 0.25) is 0 Å². The zero-order chi connectivity index (χ0) is 59.8. The smallest absolute Gasteiger partial charge is 0.282 e. The minimum absolute atomic E-state index is 0. The van der Waals surface area contributed by atoms with Gasteiger partial charge in [0.1, 0.15) is 23.2 Å². The van der Waals surface area contributed by atoms with Crippen molar-refractivity contribution in [3.63, 3.8) is 0 Å². The van der Waals surface area contributed by atoms with Crippen molar-refractivity contribution < 1.29 is 34.9 Å². The highest BCUT2D eigenvalue weighted by Gasteiger charge is 2.57. The van der Waals surface area contributed by atoms with Crippen molar-refractivity contribution in [2.45, 2.75) is 222 Å². The molecule has 0 amide bonds. The molecule has 0 bridgehead atoms. The normalized spacial score (nSPS) is 27.6. The third kappa shape index (κ3) is 12.0. The Kier molecular flexibility index (Phi) is 20.0. The average Bonchev–Trinajstić information content (AvgIpc) is 3.44. The topological polar surface area (TPSA) is 206 Å². The summed E-state index contributed by atoms with van der Waals surface area (Å²) < 4.78 is 28.2. The summed E-state index contributed by atoms with van der Waals surface area (Å²) in [6, 6.07) is -0.568. The molecule has 0 saturated heterocycles. The summed E-state index contributed by atoms with van der Waals surface area (Å²) in [5, 5.41) is 11.4. The third-order valence-corrected chi connectivity index (χ3v) is 17.8. The Hall–Kier alpha value is -6.17. The molecule has 0 aromatic carbocycles. The maximum absolute atomic E-state index is 12.5. The highest BCUT2D eigenvalue weighted by molar-refractivity contribution is 6.00. The first kappa shape index (κ1) is 65.6. The van der Waals surface area contributed by atoms with Gasteiger partial charge in [0.2, 0.25) is 29.1 Å². The van der Waals surface area contributed by atoms with Gasteiger partial charge in [-0.1, -0.05) is 137 Å². The quantitative estimate of drug-likeness (QED) is 0.145. The van der Waals surface area contributed by atoms with Gasteiger partial charge in [-0.3, -0.25) is 4.79 Å². The lowest BCUT2D eigenvalue weighted by molar-refractivity contribution is -0.129. The van der Waals surface area contributed by atoms with Gasteiger partial charge in [0.15, 0.2) is 5.78 Å². The molecular weight excluding hydrogens is 1020 g/mol. The van der Waals surface area contributed by atoms with Crippen LogP contribution in [0, 0.1) is 42.7 Å². The molecule has 0 aliphatic heterocycles. The predicted molar refractivity (Wildman–Crippen MR) is 317 cm³/mol. The van der Waals surface area contributed by atoms with Crippen LogP contribution in [-0.2, 0) is 67.8 Å². The molecule has 444 valence electrons. The zero-order valence-corrected chi connectivity index (χ0v) is 50.8. The van der Waals surface area contributed by atoms with E-state index < -0.39 is 11.5 Å². The summed E-state index contributed by atoms with van der Waals surface area (Å²) in [5.74, 6) is 6.40. The number of hydrogen-bond acceptors (Lipinski definition) is 15. The maximum atomic E-state index is 12.5.